The highest BCUT2D eigenvalue weighted by atomic mass is 15.4. The van der Waals surface area contributed by atoms with Crippen molar-refractivity contribution in [1.29, 1.82) is 10.5 Å². The molecule has 2 saturated heterocycles. The molecular formula is C27H31N5. The first-order chi connectivity index (χ1) is 15.7. The fourth-order valence-electron chi connectivity index (χ4n) is 5.67. The number of hydrogen-bond donors (Lipinski definition) is 1. The molecule has 1 N–H and O–H groups in total. The Morgan fingerprint density at radius 1 is 0.969 bits per heavy atom. The van der Waals surface area contributed by atoms with E-state index in [0.29, 0.717) is 18.4 Å². The van der Waals surface area contributed by atoms with E-state index in [9.17, 15) is 10.5 Å². The van der Waals surface area contributed by atoms with E-state index in [1.54, 1.807) is 0 Å². The summed E-state index contributed by atoms with van der Waals surface area (Å²) in [4.78, 5) is 4.82. The zero-order valence-corrected chi connectivity index (χ0v) is 18.6. The summed E-state index contributed by atoms with van der Waals surface area (Å²) in [6, 6.07) is 24.0. The van der Waals surface area contributed by atoms with Crippen LogP contribution in [0.25, 0.3) is 0 Å². The number of piperidine rings is 1. The maximum Gasteiger partial charge on any atom is 0.101 e. The highest BCUT2D eigenvalue weighted by Crippen LogP contribution is 2.41. The monoisotopic (exact) mass is 425 g/mol. The second kappa shape index (κ2) is 8.94. The molecule has 2 unspecified atom stereocenters. The summed E-state index contributed by atoms with van der Waals surface area (Å²) in [6.45, 7) is 4.91. The molecule has 3 fully saturated rings. The van der Waals surface area contributed by atoms with E-state index >= 15 is 0 Å². The van der Waals surface area contributed by atoms with Gasteiger partial charge in [0, 0.05) is 25.0 Å². The highest BCUT2D eigenvalue weighted by Gasteiger charge is 2.48. The van der Waals surface area contributed by atoms with Crippen LogP contribution in [0.2, 0.25) is 0 Å². The van der Waals surface area contributed by atoms with Crippen LogP contribution in [0, 0.1) is 28.6 Å². The number of nitriles is 2. The van der Waals surface area contributed by atoms with Crippen molar-refractivity contribution in [3.05, 3.63) is 65.7 Å². The minimum absolute atomic E-state index is 0.0649. The summed E-state index contributed by atoms with van der Waals surface area (Å²) < 4.78 is 0. The van der Waals surface area contributed by atoms with Crippen LogP contribution in [0.4, 0.5) is 5.69 Å². The smallest absolute Gasteiger partial charge is 0.101 e. The van der Waals surface area contributed by atoms with Crippen LogP contribution in [0.5, 0.6) is 0 Å². The molecule has 0 aromatic heterocycles. The molecule has 2 atom stereocenters. The van der Waals surface area contributed by atoms with Crippen molar-refractivity contribution in [3.8, 4) is 12.1 Å². The molecule has 2 aliphatic heterocycles. The van der Waals surface area contributed by atoms with E-state index in [1.807, 2.05) is 24.3 Å². The number of nitrogens with zero attached hydrogens (tertiary/aromatic N) is 4. The van der Waals surface area contributed by atoms with Gasteiger partial charge in [-0.1, -0.05) is 42.5 Å². The predicted molar refractivity (Wildman–Crippen MR) is 126 cm³/mol. The first kappa shape index (κ1) is 21.0. The van der Waals surface area contributed by atoms with Crippen molar-refractivity contribution in [2.75, 3.05) is 37.6 Å². The summed E-state index contributed by atoms with van der Waals surface area (Å²) in [6.07, 6.45) is 4.20. The summed E-state index contributed by atoms with van der Waals surface area (Å²) in [5.74, 6) is 1.41. The van der Waals surface area contributed by atoms with Crippen molar-refractivity contribution in [2.24, 2.45) is 5.92 Å². The van der Waals surface area contributed by atoms with Crippen LogP contribution in [0.15, 0.2) is 54.6 Å². The second-order valence-corrected chi connectivity index (χ2v) is 9.74. The van der Waals surface area contributed by atoms with E-state index < -0.39 is 0 Å². The number of nitrogens with one attached hydrogen (secondary N) is 1. The third-order valence-electron chi connectivity index (χ3n) is 7.72. The molecule has 0 spiro atoms. The Morgan fingerprint density at radius 3 is 2.41 bits per heavy atom. The molecular weight excluding hydrogens is 394 g/mol. The Balaban J connectivity index is 1.12. The quantitative estimate of drug-likeness (QED) is 0.729. The zero-order chi connectivity index (χ0) is 22.0. The van der Waals surface area contributed by atoms with Gasteiger partial charge in [0.1, 0.15) is 6.07 Å². The van der Waals surface area contributed by atoms with Gasteiger partial charge in [0.2, 0.25) is 0 Å². The fourth-order valence-corrected chi connectivity index (χ4v) is 5.67. The van der Waals surface area contributed by atoms with Crippen molar-refractivity contribution >= 4 is 5.69 Å². The SMILES string of the molecule is N#CCC1(N2CCC(CNC3CC3c3ccccc3)CC2)CN(c2ccccc2C#N)C1. The van der Waals surface area contributed by atoms with Gasteiger partial charge < -0.3 is 10.2 Å². The Hall–Kier alpha value is -2.86. The van der Waals surface area contributed by atoms with Gasteiger partial charge in [-0.25, -0.2) is 0 Å². The standard InChI is InChI=1S/C27H31N5/c28-13-12-27(19-31(20-27)26-9-5-4-8-23(26)17-29)32-14-10-21(11-15-32)18-30-25-16-24(25)22-6-2-1-3-7-22/h1-9,21,24-25,30H,10-12,14-16,18-20H2. The molecule has 1 saturated carbocycles. The van der Waals surface area contributed by atoms with Crippen LogP contribution < -0.4 is 10.2 Å². The molecule has 1 aliphatic carbocycles. The minimum Gasteiger partial charge on any atom is -0.367 e. The summed E-state index contributed by atoms with van der Waals surface area (Å²) in [7, 11) is 0. The van der Waals surface area contributed by atoms with Gasteiger partial charge in [-0.05, 0) is 62.5 Å². The first-order valence-electron chi connectivity index (χ1n) is 11.9. The van der Waals surface area contributed by atoms with Crippen molar-refractivity contribution in [2.45, 2.75) is 43.2 Å². The van der Waals surface area contributed by atoms with Crippen LogP contribution in [-0.4, -0.2) is 49.2 Å². The predicted octanol–water partition coefficient (Wildman–Crippen LogP) is 3.89. The maximum atomic E-state index is 9.52. The second-order valence-electron chi connectivity index (χ2n) is 9.74. The molecule has 2 aromatic rings. The number of para-hydroxylation sites is 1. The van der Waals surface area contributed by atoms with Gasteiger partial charge >= 0.3 is 0 Å². The Kier molecular flexibility index (Phi) is 5.87. The Morgan fingerprint density at radius 2 is 1.69 bits per heavy atom. The first-order valence-corrected chi connectivity index (χ1v) is 11.9. The molecule has 0 bridgehead atoms. The number of likely N-dealkylation sites (tertiary alicyclic amines) is 1. The van der Waals surface area contributed by atoms with E-state index in [0.717, 1.165) is 49.9 Å². The number of benzene rings is 2. The van der Waals surface area contributed by atoms with E-state index in [4.69, 9.17) is 0 Å². The Labute approximate surface area is 191 Å². The van der Waals surface area contributed by atoms with E-state index in [2.05, 4.69) is 57.6 Å². The zero-order valence-electron chi connectivity index (χ0n) is 18.6. The lowest BCUT2D eigenvalue weighted by Crippen LogP contribution is -2.71. The molecule has 5 heteroatoms. The van der Waals surface area contributed by atoms with Gasteiger partial charge in [0.05, 0.1) is 29.3 Å². The van der Waals surface area contributed by atoms with Gasteiger partial charge in [0.25, 0.3) is 0 Å². The summed E-state index contributed by atoms with van der Waals surface area (Å²) in [5, 5.41) is 22.8. The van der Waals surface area contributed by atoms with Crippen molar-refractivity contribution in [3.63, 3.8) is 0 Å². The maximum absolute atomic E-state index is 9.52. The highest BCUT2D eigenvalue weighted by molar-refractivity contribution is 5.61. The largest absolute Gasteiger partial charge is 0.367 e. The van der Waals surface area contributed by atoms with E-state index in [1.165, 1.54) is 24.8 Å². The van der Waals surface area contributed by atoms with Gasteiger partial charge in [-0.2, -0.15) is 10.5 Å². The van der Waals surface area contributed by atoms with Crippen molar-refractivity contribution < 1.29 is 0 Å². The molecule has 2 aromatic carbocycles. The molecule has 164 valence electrons. The van der Waals surface area contributed by atoms with Crippen LogP contribution in [0.3, 0.4) is 0 Å². The average Bonchev–Trinajstić information content (AvgIpc) is 3.61. The molecule has 0 amide bonds. The fraction of sp³-hybridized carbons (Fsp3) is 0.481. The minimum atomic E-state index is -0.0649. The molecule has 5 nitrogen and oxygen atoms in total. The van der Waals surface area contributed by atoms with Crippen LogP contribution in [0.1, 0.15) is 42.7 Å². The average molecular weight is 426 g/mol. The topological polar surface area (TPSA) is 66.1 Å². The molecule has 0 radical (unpaired) electrons. The molecule has 2 heterocycles. The lowest BCUT2D eigenvalue weighted by molar-refractivity contribution is 0.0299. The Bertz CT molecular complexity index is 1010. The normalized spacial score (nSPS) is 24.9. The van der Waals surface area contributed by atoms with Gasteiger partial charge in [0.15, 0.2) is 0 Å². The molecule has 5 rings (SSSR count). The molecule has 32 heavy (non-hydrogen) atoms. The number of hydrogen-bond acceptors (Lipinski definition) is 5. The summed E-state index contributed by atoms with van der Waals surface area (Å²) in [5.41, 5.74) is 3.12. The van der Waals surface area contributed by atoms with Gasteiger partial charge in [-0.3, -0.25) is 4.90 Å². The van der Waals surface area contributed by atoms with Crippen molar-refractivity contribution in [1.82, 2.24) is 10.2 Å². The van der Waals surface area contributed by atoms with Gasteiger partial charge in [-0.15, -0.1) is 0 Å². The third kappa shape index (κ3) is 4.11. The van der Waals surface area contributed by atoms with Crippen LogP contribution in [-0.2, 0) is 0 Å². The van der Waals surface area contributed by atoms with E-state index in [-0.39, 0.29) is 5.54 Å². The lowest BCUT2D eigenvalue weighted by Gasteiger charge is -2.57. The summed E-state index contributed by atoms with van der Waals surface area (Å²) >= 11 is 0. The molecule has 3 aliphatic rings. The number of rotatable bonds is 7. The lowest BCUT2D eigenvalue weighted by atomic mass is 9.81. The number of anilines is 1. The van der Waals surface area contributed by atoms with Crippen LogP contribution >= 0.6 is 0 Å². The third-order valence-corrected chi connectivity index (χ3v) is 7.72.